The van der Waals surface area contributed by atoms with Crippen molar-refractivity contribution in [3.8, 4) is 5.75 Å². The van der Waals surface area contributed by atoms with Gasteiger partial charge in [-0.05, 0) is 44.0 Å². The number of hydrogen-bond acceptors (Lipinski definition) is 5. The lowest BCUT2D eigenvalue weighted by molar-refractivity contribution is -0.116. The zero-order valence-corrected chi connectivity index (χ0v) is 20.1. The summed E-state index contributed by atoms with van der Waals surface area (Å²) in [5.41, 5.74) is 3.12. The van der Waals surface area contributed by atoms with Gasteiger partial charge in [0.05, 0.1) is 17.2 Å². The molecule has 7 nitrogen and oxygen atoms in total. The maximum Gasteiger partial charge on any atom is 0.224 e. The molecular formula is C20H28IN5O2S. The average Bonchev–Trinajstić information content (AvgIpc) is 3.01. The molecule has 0 bridgehead atoms. The van der Waals surface area contributed by atoms with Crippen molar-refractivity contribution in [3.63, 3.8) is 0 Å². The third-order valence-corrected chi connectivity index (χ3v) is 5.70. The van der Waals surface area contributed by atoms with Crippen LogP contribution >= 0.6 is 35.3 Å². The lowest BCUT2D eigenvalue weighted by atomic mass is 10.0. The second-order valence-corrected chi connectivity index (χ2v) is 7.93. The lowest BCUT2D eigenvalue weighted by Gasteiger charge is -2.18. The Morgan fingerprint density at radius 1 is 1.28 bits per heavy atom. The van der Waals surface area contributed by atoms with Crippen LogP contribution in [0.2, 0.25) is 0 Å². The number of anilines is 1. The van der Waals surface area contributed by atoms with Gasteiger partial charge in [0.1, 0.15) is 12.4 Å². The van der Waals surface area contributed by atoms with Gasteiger partial charge in [0, 0.05) is 37.0 Å². The number of carbonyl (C=O) groups excluding carboxylic acids is 1. The molecule has 1 amide bonds. The number of fused-ring (bicyclic) bond motifs is 1. The number of rotatable bonds is 7. The predicted molar refractivity (Wildman–Crippen MR) is 129 cm³/mol. The highest BCUT2D eigenvalue weighted by molar-refractivity contribution is 14.0. The molecule has 1 aromatic heterocycles. The molecule has 0 radical (unpaired) electrons. The van der Waals surface area contributed by atoms with Crippen LogP contribution in [0.1, 0.15) is 27.6 Å². The van der Waals surface area contributed by atoms with E-state index >= 15 is 0 Å². The molecule has 0 saturated heterocycles. The molecule has 0 aliphatic carbocycles. The minimum atomic E-state index is 0. The van der Waals surface area contributed by atoms with Crippen LogP contribution in [0.4, 0.5) is 5.69 Å². The number of nitrogens with zero attached hydrogens (tertiary/aromatic N) is 2. The fraction of sp³-hybridized carbons (Fsp3) is 0.450. The zero-order valence-electron chi connectivity index (χ0n) is 17.0. The van der Waals surface area contributed by atoms with Crippen LogP contribution in [0.3, 0.4) is 0 Å². The first-order chi connectivity index (χ1) is 13.5. The van der Waals surface area contributed by atoms with Crippen LogP contribution < -0.4 is 20.7 Å². The highest BCUT2D eigenvalue weighted by Gasteiger charge is 2.15. The summed E-state index contributed by atoms with van der Waals surface area (Å²) < 4.78 is 5.82. The number of aryl methyl sites for hydroxylation is 3. The molecule has 2 aromatic rings. The Hall–Kier alpha value is -1.88. The number of ether oxygens (including phenoxy) is 1. The molecule has 1 aliphatic heterocycles. The molecule has 0 fully saturated rings. The molecule has 1 aliphatic rings. The Morgan fingerprint density at radius 2 is 2.07 bits per heavy atom. The van der Waals surface area contributed by atoms with E-state index in [0.717, 1.165) is 53.0 Å². The average molecular weight is 529 g/mol. The molecule has 0 atom stereocenters. The van der Waals surface area contributed by atoms with E-state index in [9.17, 15) is 4.79 Å². The molecule has 0 unspecified atom stereocenters. The Labute approximate surface area is 192 Å². The minimum absolute atomic E-state index is 0. The third-order valence-electron chi connectivity index (χ3n) is 4.56. The van der Waals surface area contributed by atoms with Crippen molar-refractivity contribution in [1.82, 2.24) is 15.6 Å². The summed E-state index contributed by atoms with van der Waals surface area (Å²) in [5.74, 6) is 1.64. The number of hydrogen-bond donors (Lipinski definition) is 3. The third kappa shape index (κ3) is 6.84. The van der Waals surface area contributed by atoms with Crippen molar-refractivity contribution in [2.24, 2.45) is 4.99 Å². The van der Waals surface area contributed by atoms with Crippen LogP contribution in [0, 0.1) is 13.8 Å². The van der Waals surface area contributed by atoms with E-state index in [1.807, 2.05) is 25.1 Å². The van der Waals surface area contributed by atoms with Gasteiger partial charge in [-0.2, -0.15) is 0 Å². The van der Waals surface area contributed by atoms with Crippen LogP contribution in [0.15, 0.2) is 23.2 Å². The molecule has 29 heavy (non-hydrogen) atoms. The molecule has 3 N–H and O–H groups in total. The second kappa shape index (κ2) is 11.3. The van der Waals surface area contributed by atoms with Gasteiger partial charge in [-0.25, -0.2) is 4.98 Å². The summed E-state index contributed by atoms with van der Waals surface area (Å²) in [6.07, 6.45) is 2.16. The number of amides is 1. The van der Waals surface area contributed by atoms with Gasteiger partial charge in [-0.1, -0.05) is 0 Å². The first-order valence-electron chi connectivity index (χ1n) is 9.48. The number of halogens is 1. The van der Waals surface area contributed by atoms with Gasteiger partial charge in [0.25, 0.3) is 0 Å². The van der Waals surface area contributed by atoms with E-state index in [4.69, 9.17) is 4.74 Å². The van der Waals surface area contributed by atoms with Crippen LogP contribution in [0.25, 0.3) is 0 Å². The fourth-order valence-corrected chi connectivity index (χ4v) is 3.88. The monoisotopic (exact) mass is 529 g/mol. The normalized spacial score (nSPS) is 13.2. The maximum atomic E-state index is 11.4. The predicted octanol–water partition coefficient (Wildman–Crippen LogP) is 3.05. The summed E-state index contributed by atoms with van der Waals surface area (Å²) >= 11 is 1.75. The summed E-state index contributed by atoms with van der Waals surface area (Å²) in [4.78, 5) is 21.5. The van der Waals surface area contributed by atoms with E-state index in [1.165, 1.54) is 4.88 Å². The number of nitrogens with one attached hydrogen (secondary N) is 3. The van der Waals surface area contributed by atoms with Crippen molar-refractivity contribution in [2.45, 2.75) is 33.1 Å². The standard InChI is InChI=1S/C20H27N5O2S.HI/c1-13-14(2)28-19(24-13)8-9-22-20(21-3)23-10-11-27-16-5-6-17-15(12-16)4-7-18(26)25-17;/h5-6,12H,4,7-11H2,1-3H3,(H,25,26)(H2,21,22,23);1H. The van der Waals surface area contributed by atoms with Gasteiger partial charge in [0.2, 0.25) is 5.91 Å². The summed E-state index contributed by atoms with van der Waals surface area (Å²) in [6.45, 7) is 6.09. The number of aromatic nitrogens is 1. The largest absolute Gasteiger partial charge is 0.492 e. The highest BCUT2D eigenvalue weighted by atomic mass is 127. The Bertz CT molecular complexity index is 849. The van der Waals surface area contributed by atoms with Crippen molar-refractivity contribution >= 4 is 52.9 Å². The fourth-order valence-electron chi connectivity index (χ4n) is 2.94. The van der Waals surface area contributed by atoms with Crippen LogP contribution in [-0.2, 0) is 17.6 Å². The quantitative estimate of drug-likeness (QED) is 0.222. The van der Waals surface area contributed by atoms with Crippen LogP contribution in [0.5, 0.6) is 5.75 Å². The van der Waals surface area contributed by atoms with Crippen LogP contribution in [-0.4, -0.2) is 43.6 Å². The molecule has 1 aromatic carbocycles. The maximum absolute atomic E-state index is 11.4. The Balaban J connectivity index is 0.00000300. The minimum Gasteiger partial charge on any atom is -0.492 e. The van der Waals surface area contributed by atoms with E-state index in [-0.39, 0.29) is 29.9 Å². The van der Waals surface area contributed by atoms with Crippen molar-refractivity contribution in [2.75, 3.05) is 32.1 Å². The first kappa shape index (κ1) is 23.4. The lowest BCUT2D eigenvalue weighted by Crippen LogP contribution is -2.40. The Morgan fingerprint density at radius 3 is 2.79 bits per heavy atom. The summed E-state index contributed by atoms with van der Waals surface area (Å²) in [7, 11) is 1.76. The molecule has 158 valence electrons. The highest BCUT2D eigenvalue weighted by Crippen LogP contribution is 2.26. The van der Waals surface area contributed by atoms with E-state index < -0.39 is 0 Å². The molecule has 0 saturated carbocycles. The topological polar surface area (TPSA) is 87.6 Å². The number of aliphatic imine (C=N–C) groups is 1. The second-order valence-electron chi connectivity index (χ2n) is 6.64. The SMILES string of the molecule is CN=C(NCCOc1ccc2c(c1)CCC(=O)N2)NCCc1nc(C)c(C)s1.I. The molecule has 2 heterocycles. The number of guanidine groups is 1. The van der Waals surface area contributed by atoms with Gasteiger partial charge in [-0.15, -0.1) is 35.3 Å². The molecule has 9 heteroatoms. The molecular weight excluding hydrogens is 501 g/mol. The number of carbonyl (C=O) groups is 1. The van der Waals surface area contributed by atoms with E-state index in [2.05, 4.69) is 32.9 Å². The number of thiazole rings is 1. The van der Waals surface area contributed by atoms with E-state index in [0.29, 0.717) is 19.6 Å². The van der Waals surface area contributed by atoms with Crippen molar-refractivity contribution in [1.29, 1.82) is 0 Å². The smallest absolute Gasteiger partial charge is 0.224 e. The van der Waals surface area contributed by atoms with Gasteiger partial charge >= 0.3 is 0 Å². The van der Waals surface area contributed by atoms with E-state index in [1.54, 1.807) is 18.4 Å². The van der Waals surface area contributed by atoms with Crippen molar-refractivity contribution < 1.29 is 9.53 Å². The van der Waals surface area contributed by atoms with Gasteiger partial charge < -0.3 is 20.7 Å². The first-order valence-corrected chi connectivity index (χ1v) is 10.3. The summed E-state index contributed by atoms with van der Waals surface area (Å²) in [6, 6.07) is 5.78. The molecule has 3 rings (SSSR count). The number of benzene rings is 1. The van der Waals surface area contributed by atoms with Gasteiger partial charge in [-0.3, -0.25) is 9.79 Å². The van der Waals surface area contributed by atoms with Crippen molar-refractivity contribution in [3.05, 3.63) is 39.3 Å². The molecule has 0 spiro atoms. The van der Waals surface area contributed by atoms with Gasteiger partial charge in [0.15, 0.2) is 5.96 Å². The summed E-state index contributed by atoms with van der Waals surface area (Å²) in [5, 5.41) is 10.6. The Kier molecular flexibility index (Phi) is 9.15. The zero-order chi connectivity index (χ0) is 19.9.